The third-order valence-corrected chi connectivity index (χ3v) is 4.78. The Morgan fingerprint density at radius 2 is 1.96 bits per heavy atom. The predicted molar refractivity (Wildman–Crippen MR) is 104 cm³/mol. The van der Waals surface area contributed by atoms with E-state index in [4.69, 9.17) is 4.74 Å². The van der Waals surface area contributed by atoms with Crippen LogP contribution in [0.15, 0.2) is 48.7 Å². The number of para-hydroxylation sites is 1. The summed E-state index contributed by atoms with van der Waals surface area (Å²) in [5.41, 5.74) is 0.500. The molecule has 1 amide bonds. The summed E-state index contributed by atoms with van der Waals surface area (Å²) in [6.45, 7) is 1.48. The van der Waals surface area contributed by atoms with E-state index in [-0.39, 0.29) is 5.91 Å². The Labute approximate surface area is 163 Å². The molecule has 1 aliphatic rings. The first-order chi connectivity index (χ1) is 13.8. The number of aromatic nitrogens is 4. The Hall–Kier alpha value is -3.22. The van der Waals surface area contributed by atoms with Gasteiger partial charge in [-0.15, -0.1) is 10.2 Å². The molecule has 0 atom stereocenters. The lowest BCUT2D eigenvalue weighted by Gasteiger charge is -2.08. The zero-order valence-electron chi connectivity index (χ0n) is 15.7. The fourth-order valence-electron chi connectivity index (χ4n) is 3.30. The van der Waals surface area contributed by atoms with E-state index in [9.17, 15) is 4.79 Å². The van der Waals surface area contributed by atoms with Gasteiger partial charge in [0.25, 0.3) is 5.91 Å². The SMILES string of the molecule is O=C(NCCc1nnc2n1CCCCC2)c1ccc(Oc2ccccc2)nc1. The number of hydrogen-bond acceptors (Lipinski definition) is 5. The quantitative estimate of drug-likeness (QED) is 0.713. The standard InChI is InChI=1S/C21H23N5O2/c27-21(16-10-11-20(23-15-16)28-17-7-3-1-4-8-17)22-13-12-19-25-24-18-9-5-2-6-14-26(18)19/h1,3-4,7-8,10-11,15H,2,5-6,9,12-14H2,(H,22,27). The van der Waals surface area contributed by atoms with Crippen LogP contribution in [0.2, 0.25) is 0 Å². The second kappa shape index (κ2) is 8.65. The van der Waals surface area contributed by atoms with Gasteiger partial charge in [0.15, 0.2) is 0 Å². The molecule has 0 saturated carbocycles. The van der Waals surface area contributed by atoms with Crippen LogP contribution in [0.5, 0.6) is 11.6 Å². The minimum absolute atomic E-state index is 0.158. The number of benzene rings is 1. The molecule has 0 unspecified atom stereocenters. The molecule has 3 heterocycles. The van der Waals surface area contributed by atoms with E-state index in [1.165, 1.54) is 19.0 Å². The number of fused-ring (bicyclic) bond motifs is 1. The maximum atomic E-state index is 12.4. The molecule has 0 radical (unpaired) electrons. The van der Waals surface area contributed by atoms with Gasteiger partial charge in [-0.3, -0.25) is 4.79 Å². The number of rotatable bonds is 6. The van der Waals surface area contributed by atoms with E-state index in [1.54, 1.807) is 12.1 Å². The molecular formula is C21H23N5O2. The van der Waals surface area contributed by atoms with Crippen LogP contribution < -0.4 is 10.1 Å². The first kappa shape index (κ1) is 18.2. The molecule has 0 spiro atoms. The molecule has 4 rings (SSSR count). The average Bonchev–Trinajstić information content (AvgIpc) is 2.95. The maximum Gasteiger partial charge on any atom is 0.252 e. The largest absolute Gasteiger partial charge is 0.439 e. The van der Waals surface area contributed by atoms with Crippen molar-refractivity contribution in [1.82, 2.24) is 25.1 Å². The summed E-state index contributed by atoms with van der Waals surface area (Å²) in [7, 11) is 0. The first-order valence-electron chi connectivity index (χ1n) is 9.68. The Morgan fingerprint density at radius 3 is 2.79 bits per heavy atom. The number of nitrogens with zero attached hydrogens (tertiary/aromatic N) is 4. The smallest absolute Gasteiger partial charge is 0.252 e. The lowest BCUT2D eigenvalue weighted by molar-refractivity contribution is 0.0953. The highest BCUT2D eigenvalue weighted by atomic mass is 16.5. The van der Waals surface area contributed by atoms with Crippen molar-refractivity contribution in [3.63, 3.8) is 0 Å². The zero-order chi connectivity index (χ0) is 19.2. The molecule has 0 saturated heterocycles. The molecule has 144 valence electrons. The summed E-state index contributed by atoms with van der Waals surface area (Å²) >= 11 is 0. The number of ether oxygens (including phenoxy) is 1. The Balaban J connectivity index is 1.30. The molecule has 7 heteroatoms. The van der Waals surface area contributed by atoms with Crippen molar-refractivity contribution in [3.05, 3.63) is 65.9 Å². The highest BCUT2D eigenvalue weighted by Gasteiger charge is 2.15. The molecule has 0 aliphatic carbocycles. The van der Waals surface area contributed by atoms with Crippen LogP contribution in [-0.2, 0) is 19.4 Å². The second-order valence-electron chi connectivity index (χ2n) is 6.80. The third kappa shape index (κ3) is 4.36. The fourth-order valence-corrected chi connectivity index (χ4v) is 3.30. The molecule has 0 fully saturated rings. The molecule has 2 aromatic heterocycles. The van der Waals surface area contributed by atoms with Crippen molar-refractivity contribution in [2.24, 2.45) is 0 Å². The van der Waals surface area contributed by atoms with Crippen LogP contribution in [0.3, 0.4) is 0 Å². The second-order valence-corrected chi connectivity index (χ2v) is 6.80. The summed E-state index contributed by atoms with van der Waals surface area (Å²) in [6, 6.07) is 12.8. The summed E-state index contributed by atoms with van der Waals surface area (Å²) < 4.78 is 7.85. The number of carbonyl (C=O) groups is 1. The van der Waals surface area contributed by atoms with E-state index in [1.807, 2.05) is 30.3 Å². The van der Waals surface area contributed by atoms with E-state index >= 15 is 0 Å². The summed E-state index contributed by atoms with van der Waals surface area (Å²) in [5.74, 6) is 3.02. The van der Waals surface area contributed by atoms with Gasteiger partial charge < -0.3 is 14.6 Å². The monoisotopic (exact) mass is 377 g/mol. The number of hydrogen-bond donors (Lipinski definition) is 1. The van der Waals surface area contributed by atoms with Crippen molar-refractivity contribution in [3.8, 4) is 11.6 Å². The van der Waals surface area contributed by atoms with Crippen molar-refractivity contribution in [2.45, 2.75) is 38.6 Å². The van der Waals surface area contributed by atoms with Crippen molar-refractivity contribution >= 4 is 5.91 Å². The van der Waals surface area contributed by atoms with Gasteiger partial charge in [0.2, 0.25) is 5.88 Å². The predicted octanol–water partition coefficient (Wildman–Crippen LogP) is 3.16. The van der Waals surface area contributed by atoms with Gasteiger partial charge in [0.1, 0.15) is 17.4 Å². The van der Waals surface area contributed by atoms with Crippen LogP contribution >= 0.6 is 0 Å². The highest BCUT2D eigenvalue weighted by Crippen LogP contribution is 2.18. The number of amides is 1. The Kier molecular flexibility index (Phi) is 5.61. The Morgan fingerprint density at radius 1 is 1.07 bits per heavy atom. The van der Waals surface area contributed by atoms with Crippen LogP contribution in [0.4, 0.5) is 0 Å². The van der Waals surface area contributed by atoms with E-state index < -0.39 is 0 Å². The molecule has 1 aromatic carbocycles. The lowest BCUT2D eigenvalue weighted by atomic mass is 10.2. The highest BCUT2D eigenvalue weighted by molar-refractivity contribution is 5.93. The van der Waals surface area contributed by atoms with E-state index in [2.05, 4.69) is 25.1 Å². The van der Waals surface area contributed by atoms with Crippen LogP contribution in [0.1, 0.15) is 41.3 Å². The molecule has 1 aliphatic heterocycles. The normalized spacial score (nSPS) is 13.4. The van der Waals surface area contributed by atoms with Crippen molar-refractivity contribution < 1.29 is 9.53 Å². The van der Waals surface area contributed by atoms with Gasteiger partial charge in [0, 0.05) is 38.2 Å². The molecule has 0 bridgehead atoms. The number of nitrogens with one attached hydrogen (secondary N) is 1. The molecule has 1 N–H and O–H groups in total. The van der Waals surface area contributed by atoms with Gasteiger partial charge in [0.05, 0.1) is 5.56 Å². The summed E-state index contributed by atoms with van der Waals surface area (Å²) in [4.78, 5) is 16.6. The van der Waals surface area contributed by atoms with Gasteiger partial charge >= 0.3 is 0 Å². The van der Waals surface area contributed by atoms with Gasteiger partial charge in [-0.2, -0.15) is 0 Å². The van der Waals surface area contributed by atoms with Crippen molar-refractivity contribution in [2.75, 3.05) is 6.54 Å². The van der Waals surface area contributed by atoms with Crippen molar-refractivity contribution in [1.29, 1.82) is 0 Å². The van der Waals surface area contributed by atoms with Crippen LogP contribution in [0, 0.1) is 0 Å². The molecule has 7 nitrogen and oxygen atoms in total. The van der Waals surface area contributed by atoms with Gasteiger partial charge in [-0.1, -0.05) is 24.6 Å². The van der Waals surface area contributed by atoms with Crippen LogP contribution in [-0.4, -0.2) is 32.2 Å². The number of pyridine rings is 1. The fraction of sp³-hybridized carbons (Fsp3) is 0.333. The molecular weight excluding hydrogens is 354 g/mol. The third-order valence-electron chi connectivity index (χ3n) is 4.78. The summed E-state index contributed by atoms with van der Waals surface area (Å²) in [5, 5.41) is 11.5. The maximum absolute atomic E-state index is 12.4. The zero-order valence-corrected chi connectivity index (χ0v) is 15.7. The number of aryl methyl sites for hydroxylation is 1. The van der Waals surface area contributed by atoms with Gasteiger partial charge in [-0.05, 0) is 31.0 Å². The molecule has 3 aromatic rings. The van der Waals surface area contributed by atoms with E-state index in [0.29, 0.717) is 30.2 Å². The lowest BCUT2D eigenvalue weighted by Crippen LogP contribution is -2.26. The minimum Gasteiger partial charge on any atom is -0.439 e. The first-order valence-corrected chi connectivity index (χ1v) is 9.68. The minimum atomic E-state index is -0.158. The summed E-state index contributed by atoms with van der Waals surface area (Å²) in [6.07, 6.45) is 6.75. The average molecular weight is 377 g/mol. The van der Waals surface area contributed by atoms with Crippen LogP contribution in [0.25, 0.3) is 0 Å². The van der Waals surface area contributed by atoms with Gasteiger partial charge in [-0.25, -0.2) is 4.98 Å². The Bertz CT molecular complexity index is 922. The topological polar surface area (TPSA) is 81.9 Å². The van der Waals surface area contributed by atoms with E-state index in [0.717, 1.165) is 31.0 Å². The number of carbonyl (C=O) groups excluding carboxylic acids is 1. The molecule has 28 heavy (non-hydrogen) atoms.